The summed E-state index contributed by atoms with van der Waals surface area (Å²) in [7, 11) is 1.90. The first-order valence-electron chi connectivity index (χ1n) is 7.17. The monoisotopic (exact) mass is 268 g/mol. The molecular weight excluding hydrogens is 248 g/mol. The molecule has 3 rings (SSSR count). The van der Waals surface area contributed by atoms with Crippen molar-refractivity contribution < 1.29 is 4.79 Å². The average molecular weight is 268 g/mol. The van der Waals surface area contributed by atoms with Crippen LogP contribution in [0.4, 0.5) is 0 Å². The summed E-state index contributed by atoms with van der Waals surface area (Å²) >= 11 is 0. The summed E-state index contributed by atoms with van der Waals surface area (Å²) < 4.78 is 0. The van der Waals surface area contributed by atoms with Gasteiger partial charge in [0.1, 0.15) is 0 Å². The van der Waals surface area contributed by atoms with Crippen LogP contribution >= 0.6 is 0 Å². The minimum absolute atomic E-state index is 0.153. The molecule has 0 saturated carbocycles. The first-order chi connectivity index (χ1) is 9.74. The van der Waals surface area contributed by atoms with E-state index >= 15 is 0 Å². The Morgan fingerprint density at radius 1 is 1.25 bits per heavy atom. The number of carbonyl (C=O) groups excluding carboxylic acids is 1. The molecule has 1 amide bonds. The lowest BCUT2D eigenvalue weighted by molar-refractivity contribution is -0.134. The molecule has 1 saturated heterocycles. The molecule has 1 fully saturated rings. The van der Waals surface area contributed by atoms with Gasteiger partial charge in [-0.2, -0.15) is 0 Å². The summed E-state index contributed by atoms with van der Waals surface area (Å²) in [5, 5.41) is 5.72. The molecule has 20 heavy (non-hydrogen) atoms. The molecule has 0 radical (unpaired) electrons. The molecule has 0 aromatic heterocycles. The lowest BCUT2D eigenvalue weighted by atomic mass is 10.1. The van der Waals surface area contributed by atoms with Crippen LogP contribution in [0.25, 0.3) is 10.8 Å². The van der Waals surface area contributed by atoms with E-state index in [2.05, 4.69) is 35.6 Å². The van der Waals surface area contributed by atoms with Crippen LogP contribution in [-0.4, -0.2) is 30.9 Å². The minimum Gasteiger partial charge on any atom is -0.341 e. The molecule has 1 unspecified atom stereocenters. The smallest absolute Gasteiger partial charge is 0.227 e. The van der Waals surface area contributed by atoms with Gasteiger partial charge in [0, 0.05) is 20.1 Å². The Hall–Kier alpha value is -1.87. The number of carbonyl (C=O) groups is 1. The van der Waals surface area contributed by atoms with Crippen molar-refractivity contribution in [3.63, 3.8) is 0 Å². The third-order valence-electron chi connectivity index (χ3n) is 4.02. The van der Waals surface area contributed by atoms with Gasteiger partial charge in [0.25, 0.3) is 0 Å². The van der Waals surface area contributed by atoms with Gasteiger partial charge in [-0.3, -0.25) is 4.79 Å². The Bertz CT molecular complexity index is 617. The zero-order chi connectivity index (χ0) is 13.9. The van der Waals surface area contributed by atoms with Crippen LogP contribution in [0.5, 0.6) is 0 Å². The number of nitrogens with one attached hydrogen (secondary N) is 1. The van der Waals surface area contributed by atoms with Gasteiger partial charge in [-0.1, -0.05) is 36.4 Å². The summed E-state index contributed by atoms with van der Waals surface area (Å²) in [5.74, 6) is 0.406. The maximum absolute atomic E-state index is 12.3. The summed E-state index contributed by atoms with van der Waals surface area (Å²) in [5.41, 5.74) is 1.19. The molecule has 1 aliphatic rings. The van der Waals surface area contributed by atoms with Gasteiger partial charge in [-0.05, 0) is 35.4 Å². The van der Waals surface area contributed by atoms with E-state index in [9.17, 15) is 4.79 Å². The topological polar surface area (TPSA) is 32.3 Å². The van der Waals surface area contributed by atoms with E-state index in [0.717, 1.165) is 19.5 Å². The van der Waals surface area contributed by atoms with E-state index in [1.165, 1.54) is 16.3 Å². The Morgan fingerprint density at radius 2 is 2.05 bits per heavy atom. The second-order valence-electron chi connectivity index (χ2n) is 5.57. The van der Waals surface area contributed by atoms with Gasteiger partial charge in [0.15, 0.2) is 0 Å². The fraction of sp³-hybridized carbons (Fsp3) is 0.353. The zero-order valence-electron chi connectivity index (χ0n) is 11.8. The van der Waals surface area contributed by atoms with E-state index in [1.807, 2.05) is 24.1 Å². The predicted octanol–water partition coefficient (Wildman–Crippen LogP) is 2.41. The van der Waals surface area contributed by atoms with Crippen molar-refractivity contribution in [3.8, 4) is 0 Å². The van der Waals surface area contributed by atoms with Crippen LogP contribution in [0, 0.1) is 5.92 Å². The highest BCUT2D eigenvalue weighted by atomic mass is 16.2. The Labute approximate surface area is 119 Å². The van der Waals surface area contributed by atoms with E-state index in [-0.39, 0.29) is 11.8 Å². The SMILES string of the molecule is CN(Cc1ccc2ccccc2c1)C(=O)C1CCNC1. The molecule has 1 atom stereocenters. The quantitative estimate of drug-likeness (QED) is 0.927. The zero-order valence-corrected chi connectivity index (χ0v) is 11.8. The summed E-state index contributed by atoms with van der Waals surface area (Å²) in [4.78, 5) is 14.1. The lowest BCUT2D eigenvalue weighted by Crippen LogP contribution is -2.33. The normalized spacial score (nSPS) is 18.4. The fourth-order valence-corrected chi connectivity index (χ4v) is 2.87. The highest BCUT2D eigenvalue weighted by Gasteiger charge is 2.25. The number of nitrogens with zero attached hydrogens (tertiary/aromatic N) is 1. The van der Waals surface area contributed by atoms with Crippen molar-refractivity contribution in [1.29, 1.82) is 0 Å². The molecule has 1 heterocycles. The van der Waals surface area contributed by atoms with E-state index in [1.54, 1.807) is 0 Å². The second kappa shape index (κ2) is 5.63. The molecule has 2 aromatic carbocycles. The standard InChI is InChI=1S/C17H20N2O/c1-19(17(20)16-8-9-18-11-16)12-13-6-7-14-4-2-3-5-15(14)10-13/h2-7,10,16,18H,8-9,11-12H2,1H3. The van der Waals surface area contributed by atoms with E-state index in [4.69, 9.17) is 0 Å². The Balaban J connectivity index is 1.73. The van der Waals surface area contributed by atoms with Crippen molar-refractivity contribution in [2.24, 2.45) is 5.92 Å². The van der Waals surface area contributed by atoms with Gasteiger partial charge in [-0.15, -0.1) is 0 Å². The molecule has 1 N–H and O–H groups in total. The van der Waals surface area contributed by atoms with Gasteiger partial charge >= 0.3 is 0 Å². The molecule has 0 spiro atoms. The minimum atomic E-state index is 0.153. The molecule has 1 aliphatic heterocycles. The fourth-order valence-electron chi connectivity index (χ4n) is 2.87. The van der Waals surface area contributed by atoms with Crippen LogP contribution < -0.4 is 5.32 Å². The van der Waals surface area contributed by atoms with Gasteiger partial charge in [-0.25, -0.2) is 0 Å². The highest BCUT2D eigenvalue weighted by Crippen LogP contribution is 2.18. The van der Waals surface area contributed by atoms with Crippen LogP contribution in [-0.2, 0) is 11.3 Å². The second-order valence-corrected chi connectivity index (χ2v) is 5.57. The van der Waals surface area contributed by atoms with E-state index in [0.29, 0.717) is 6.54 Å². The van der Waals surface area contributed by atoms with Crippen LogP contribution in [0.2, 0.25) is 0 Å². The number of hydrogen-bond acceptors (Lipinski definition) is 2. The third kappa shape index (κ3) is 2.68. The Morgan fingerprint density at radius 3 is 2.80 bits per heavy atom. The average Bonchev–Trinajstić information content (AvgIpc) is 3.00. The first kappa shape index (κ1) is 13.1. The summed E-state index contributed by atoms with van der Waals surface area (Å²) in [6.07, 6.45) is 0.959. The van der Waals surface area contributed by atoms with Gasteiger partial charge < -0.3 is 10.2 Å². The van der Waals surface area contributed by atoms with Crippen molar-refractivity contribution in [2.75, 3.05) is 20.1 Å². The molecule has 3 heteroatoms. The number of benzene rings is 2. The maximum Gasteiger partial charge on any atom is 0.227 e. The maximum atomic E-state index is 12.3. The summed E-state index contributed by atoms with van der Waals surface area (Å²) in [6.45, 7) is 2.46. The van der Waals surface area contributed by atoms with Crippen molar-refractivity contribution in [1.82, 2.24) is 10.2 Å². The van der Waals surface area contributed by atoms with E-state index < -0.39 is 0 Å². The number of fused-ring (bicyclic) bond motifs is 1. The highest BCUT2D eigenvalue weighted by molar-refractivity contribution is 5.83. The number of amides is 1. The predicted molar refractivity (Wildman–Crippen MR) is 81.4 cm³/mol. The third-order valence-corrected chi connectivity index (χ3v) is 4.02. The molecular formula is C17H20N2O. The van der Waals surface area contributed by atoms with Crippen LogP contribution in [0.15, 0.2) is 42.5 Å². The van der Waals surface area contributed by atoms with Crippen molar-refractivity contribution in [2.45, 2.75) is 13.0 Å². The van der Waals surface area contributed by atoms with Crippen molar-refractivity contribution >= 4 is 16.7 Å². The van der Waals surface area contributed by atoms with Crippen LogP contribution in [0.1, 0.15) is 12.0 Å². The Kier molecular flexibility index (Phi) is 3.70. The molecule has 0 bridgehead atoms. The summed E-state index contributed by atoms with van der Waals surface area (Å²) in [6, 6.07) is 14.7. The molecule has 2 aromatic rings. The molecule has 3 nitrogen and oxygen atoms in total. The largest absolute Gasteiger partial charge is 0.341 e. The lowest BCUT2D eigenvalue weighted by Gasteiger charge is -2.21. The van der Waals surface area contributed by atoms with Gasteiger partial charge in [0.05, 0.1) is 5.92 Å². The van der Waals surface area contributed by atoms with Crippen LogP contribution in [0.3, 0.4) is 0 Å². The van der Waals surface area contributed by atoms with Crippen molar-refractivity contribution in [3.05, 3.63) is 48.0 Å². The van der Waals surface area contributed by atoms with Gasteiger partial charge in [0.2, 0.25) is 5.91 Å². The molecule has 104 valence electrons. The number of hydrogen-bond donors (Lipinski definition) is 1. The number of rotatable bonds is 3. The first-order valence-corrected chi connectivity index (χ1v) is 7.17. The molecule has 0 aliphatic carbocycles.